The van der Waals surface area contributed by atoms with Crippen LogP contribution in [-0.4, -0.2) is 35.6 Å². The molecule has 2 atom stereocenters. The van der Waals surface area contributed by atoms with Crippen molar-refractivity contribution < 1.29 is 14.7 Å². The van der Waals surface area contributed by atoms with Crippen LogP contribution in [0, 0.1) is 5.92 Å². The van der Waals surface area contributed by atoms with Crippen molar-refractivity contribution in [2.45, 2.75) is 69.9 Å². The van der Waals surface area contributed by atoms with E-state index in [2.05, 4.69) is 10.6 Å². The van der Waals surface area contributed by atoms with Crippen LogP contribution in [0.4, 0.5) is 0 Å². The number of carbonyl (C=O) groups is 2. The lowest BCUT2D eigenvalue weighted by Crippen LogP contribution is -2.52. The van der Waals surface area contributed by atoms with Crippen molar-refractivity contribution in [1.82, 2.24) is 10.6 Å². The van der Waals surface area contributed by atoms with Crippen molar-refractivity contribution in [3.8, 4) is 0 Å². The monoisotopic (exact) mass is 282 g/mol. The molecule has 3 N–H and O–H groups in total. The standard InChI is InChI=1S/C15H26N2O3/c18-14(12-9-5-2-6-10-16-12)17-13(15(19)20)11-7-3-1-4-8-11/h11-13,16H,1-10H2,(H,17,18)(H,19,20). The number of carboxylic acids is 1. The van der Waals surface area contributed by atoms with Crippen molar-refractivity contribution in [2.75, 3.05) is 6.54 Å². The highest BCUT2D eigenvalue weighted by atomic mass is 16.4. The Kier molecular flexibility index (Phi) is 5.83. The predicted octanol–water partition coefficient (Wildman–Crippen LogP) is 1.67. The minimum absolute atomic E-state index is 0.0935. The van der Waals surface area contributed by atoms with Crippen LogP contribution >= 0.6 is 0 Å². The summed E-state index contributed by atoms with van der Waals surface area (Å²) in [6.45, 7) is 0.846. The first-order chi connectivity index (χ1) is 9.68. The van der Waals surface area contributed by atoms with E-state index in [1.807, 2.05) is 0 Å². The summed E-state index contributed by atoms with van der Waals surface area (Å²) in [5, 5.41) is 15.4. The van der Waals surface area contributed by atoms with Crippen LogP contribution in [0.25, 0.3) is 0 Å². The molecule has 0 bridgehead atoms. The van der Waals surface area contributed by atoms with Gasteiger partial charge in [-0.05, 0) is 38.1 Å². The minimum atomic E-state index is -0.890. The molecule has 1 amide bonds. The topological polar surface area (TPSA) is 78.4 Å². The van der Waals surface area contributed by atoms with E-state index in [4.69, 9.17) is 0 Å². The Morgan fingerprint density at radius 3 is 2.35 bits per heavy atom. The lowest BCUT2D eigenvalue weighted by Gasteiger charge is -2.29. The molecule has 0 spiro atoms. The zero-order chi connectivity index (χ0) is 14.4. The summed E-state index contributed by atoms with van der Waals surface area (Å²) in [7, 11) is 0. The van der Waals surface area contributed by atoms with Gasteiger partial charge >= 0.3 is 5.97 Å². The first kappa shape index (κ1) is 15.3. The van der Waals surface area contributed by atoms with Crippen LogP contribution in [0.15, 0.2) is 0 Å². The molecule has 2 aliphatic rings. The second-order valence-corrected chi connectivity index (χ2v) is 6.08. The second-order valence-electron chi connectivity index (χ2n) is 6.08. The molecule has 20 heavy (non-hydrogen) atoms. The first-order valence-electron chi connectivity index (χ1n) is 7.95. The van der Waals surface area contributed by atoms with Gasteiger partial charge in [-0.25, -0.2) is 4.79 Å². The Labute approximate surface area is 120 Å². The van der Waals surface area contributed by atoms with Crippen LogP contribution in [-0.2, 0) is 9.59 Å². The van der Waals surface area contributed by atoms with Gasteiger partial charge in [0.25, 0.3) is 0 Å². The predicted molar refractivity (Wildman–Crippen MR) is 76.4 cm³/mol. The van der Waals surface area contributed by atoms with Crippen molar-refractivity contribution in [1.29, 1.82) is 0 Å². The fourth-order valence-electron chi connectivity index (χ4n) is 3.35. The molecule has 0 aromatic rings. The summed E-state index contributed by atoms with van der Waals surface area (Å²) in [5.41, 5.74) is 0. The third-order valence-electron chi connectivity index (χ3n) is 4.56. The summed E-state index contributed by atoms with van der Waals surface area (Å²) in [4.78, 5) is 23.7. The highest BCUT2D eigenvalue weighted by Crippen LogP contribution is 2.26. The summed E-state index contributed by atoms with van der Waals surface area (Å²) in [6.07, 6.45) is 9.23. The molecule has 1 heterocycles. The van der Waals surface area contributed by atoms with Crippen LogP contribution in [0.2, 0.25) is 0 Å². The summed E-state index contributed by atoms with van der Waals surface area (Å²) < 4.78 is 0. The van der Waals surface area contributed by atoms with E-state index in [0.717, 1.165) is 57.9 Å². The van der Waals surface area contributed by atoms with E-state index in [9.17, 15) is 14.7 Å². The van der Waals surface area contributed by atoms with Gasteiger partial charge in [0.05, 0.1) is 6.04 Å². The van der Waals surface area contributed by atoms with Gasteiger partial charge in [-0.3, -0.25) is 4.79 Å². The molecule has 1 saturated carbocycles. The average Bonchev–Trinajstić information content (AvgIpc) is 2.74. The third-order valence-corrected chi connectivity index (χ3v) is 4.56. The molecule has 114 valence electrons. The van der Waals surface area contributed by atoms with Crippen molar-refractivity contribution in [2.24, 2.45) is 5.92 Å². The summed E-state index contributed by atoms with van der Waals surface area (Å²) in [5.74, 6) is -0.931. The molecule has 0 aromatic carbocycles. The van der Waals surface area contributed by atoms with Gasteiger partial charge in [0.2, 0.25) is 5.91 Å². The highest BCUT2D eigenvalue weighted by molar-refractivity contribution is 5.87. The van der Waals surface area contributed by atoms with Crippen molar-refractivity contribution in [3.63, 3.8) is 0 Å². The molecule has 1 aliphatic carbocycles. The minimum Gasteiger partial charge on any atom is -0.480 e. The third kappa shape index (κ3) is 4.20. The molecule has 0 radical (unpaired) electrons. The SMILES string of the molecule is O=C(NC(C(=O)O)C1CCCCC1)C1CCCCCN1. The molecule has 5 nitrogen and oxygen atoms in total. The van der Waals surface area contributed by atoms with E-state index >= 15 is 0 Å². The molecular formula is C15H26N2O3. The van der Waals surface area contributed by atoms with E-state index < -0.39 is 12.0 Å². The number of carboxylic acid groups (broad SMARTS) is 1. The number of carbonyl (C=O) groups excluding carboxylic acids is 1. The van der Waals surface area contributed by atoms with Crippen molar-refractivity contribution >= 4 is 11.9 Å². The fourth-order valence-corrected chi connectivity index (χ4v) is 3.35. The molecule has 1 aliphatic heterocycles. The normalized spacial score (nSPS) is 26.5. The fraction of sp³-hybridized carbons (Fsp3) is 0.867. The van der Waals surface area contributed by atoms with Gasteiger partial charge in [-0.15, -0.1) is 0 Å². The van der Waals surface area contributed by atoms with E-state index in [1.54, 1.807) is 0 Å². The van der Waals surface area contributed by atoms with Crippen molar-refractivity contribution in [3.05, 3.63) is 0 Å². The van der Waals surface area contributed by atoms with E-state index in [0.29, 0.717) is 0 Å². The zero-order valence-corrected chi connectivity index (χ0v) is 12.1. The van der Waals surface area contributed by atoms with Crippen LogP contribution in [0.1, 0.15) is 57.8 Å². The lowest BCUT2D eigenvalue weighted by atomic mass is 9.83. The van der Waals surface area contributed by atoms with Crippen LogP contribution < -0.4 is 10.6 Å². The quantitative estimate of drug-likeness (QED) is 0.733. The summed E-state index contributed by atoms with van der Waals surface area (Å²) in [6, 6.07) is -0.934. The Morgan fingerprint density at radius 1 is 1.00 bits per heavy atom. The molecule has 0 aromatic heterocycles. The Morgan fingerprint density at radius 2 is 1.65 bits per heavy atom. The first-order valence-corrected chi connectivity index (χ1v) is 7.95. The molecule has 5 heteroatoms. The van der Waals surface area contributed by atoms with Gasteiger partial charge in [0.15, 0.2) is 0 Å². The van der Waals surface area contributed by atoms with Crippen LogP contribution in [0.3, 0.4) is 0 Å². The second kappa shape index (κ2) is 7.62. The molecule has 2 rings (SSSR count). The zero-order valence-electron chi connectivity index (χ0n) is 12.1. The largest absolute Gasteiger partial charge is 0.480 e. The van der Waals surface area contributed by atoms with Crippen LogP contribution in [0.5, 0.6) is 0 Å². The molecule has 2 unspecified atom stereocenters. The van der Waals surface area contributed by atoms with Gasteiger partial charge < -0.3 is 15.7 Å². The Balaban J connectivity index is 1.92. The maximum Gasteiger partial charge on any atom is 0.326 e. The van der Waals surface area contributed by atoms with E-state index in [1.165, 1.54) is 6.42 Å². The number of hydrogen-bond donors (Lipinski definition) is 3. The molecular weight excluding hydrogens is 256 g/mol. The Bertz CT molecular complexity index is 332. The van der Waals surface area contributed by atoms with Gasteiger partial charge in [0.1, 0.15) is 6.04 Å². The molecule has 1 saturated heterocycles. The van der Waals surface area contributed by atoms with Gasteiger partial charge in [0, 0.05) is 0 Å². The molecule has 2 fully saturated rings. The number of rotatable bonds is 4. The number of nitrogens with one attached hydrogen (secondary N) is 2. The smallest absolute Gasteiger partial charge is 0.326 e. The van der Waals surface area contributed by atoms with Gasteiger partial charge in [-0.1, -0.05) is 32.1 Å². The number of amides is 1. The Hall–Kier alpha value is -1.10. The maximum atomic E-state index is 12.3. The van der Waals surface area contributed by atoms with Gasteiger partial charge in [-0.2, -0.15) is 0 Å². The van der Waals surface area contributed by atoms with E-state index in [-0.39, 0.29) is 17.9 Å². The highest BCUT2D eigenvalue weighted by Gasteiger charge is 2.32. The maximum absolute atomic E-state index is 12.3. The number of aliphatic carboxylic acids is 1. The average molecular weight is 282 g/mol. The lowest BCUT2D eigenvalue weighted by molar-refractivity contribution is -0.144. The number of hydrogen-bond acceptors (Lipinski definition) is 3. The summed E-state index contributed by atoms with van der Waals surface area (Å²) >= 11 is 0.